The number of rotatable bonds is 4. The van der Waals surface area contributed by atoms with Gasteiger partial charge in [-0.2, -0.15) is 0 Å². The van der Waals surface area contributed by atoms with Crippen LogP contribution in [0.4, 0.5) is 5.82 Å². The number of pyridine rings is 1. The molecule has 1 heterocycles. The largest absolute Gasteiger partial charge is 0.469 e. The molecular formula is C10H14N2O2. The zero-order chi connectivity index (χ0) is 10.4. The predicted octanol–water partition coefficient (Wildman–Crippen LogP) is 1.08. The number of hydrogen-bond acceptors (Lipinski definition) is 4. The highest BCUT2D eigenvalue weighted by Crippen LogP contribution is 2.06. The van der Waals surface area contributed by atoms with Crippen LogP contribution < -0.4 is 4.90 Å². The van der Waals surface area contributed by atoms with E-state index in [1.807, 2.05) is 30.1 Å². The third kappa shape index (κ3) is 3.05. The highest BCUT2D eigenvalue weighted by atomic mass is 16.5. The monoisotopic (exact) mass is 194 g/mol. The lowest BCUT2D eigenvalue weighted by molar-refractivity contribution is -0.140. The van der Waals surface area contributed by atoms with Gasteiger partial charge in [0.25, 0.3) is 0 Å². The van der Waals surface area contributed by atoms with E-state index in [4.69, 9.17) is 0 Å². The minimum absolute atomic E-state index is 0.201. The van der Waals surface area contributed by atoms with Crippen LogP contribution in [0.15, 0.2) is 24.4 Å². The molecule has 0 fully saturated rings. The molecule has 0 amide bonds. The van der Waals surface area contributed by atoms with Crippen molar-refractivity contribution in [2.75, 3.05) is 25.6 Å². The fourth-order valence-electron chi connectivity index (χ4n) is 1.06. The molecule has 0 aromatic carbocycles. The molecule has 4 heteroatoms. The zero-order valence-corrected chi connectivity index (χ0v) is 8.43. The van der Waals surface area contributed by atoms with Crippen molar-refractivity contribution < 1.29 is 9.53 Å². The number of carbonyl (C=O) groups is 1. The third-order valence-corrected chi connectivity index (χ3v) is 1.92. The van der Waals surface area contributed by atoms with Crippen molar-refractivity contribution in [1.29, 1.82) is 0 Å². The van der Waals surface area contributed by atoms with Crippen molar-refractivity contribution in [3.63, 3.8) is 0 Å². The third-order valence-electron chi connectivity index (χ3n) is 1.92. The van der Waals surface area contributed by atoms with Crippen molar-refractivity contribution in [1.82, 2.24) is 4.98 Å². The predicted molar refractivity (Wildman–Crippen MR) is 54.1 cm³/mol. The highest BCUT2D eigenvalue weighted by molar-refractivity contribution is 5.69. The summed E-state index contributed by atoms with van der Waals surface area (Å²) in [5.41, 5.74) is 0. The molecular weight excluding hydrogens is 180 g/mol. The highest BCUT2D eigenvalue weighted by Gasteiger charge is 2.04. The maximum Gasteiger partial charge on any atom is 0.307 e. The minimum Gasteiger partial charge on any atom is -0.469 e. The number of anilines is 1. The molecule has 1 rings (SSSR count). The van der Waals surface area contributed by atoms with Gasteiger partial charge >= 0.3 is 5.97 Å². The first-order valence-corrected chi connectivity index (χ1v) is 4.43. The Morgan fingerprint density at radius 1 is 1.57 bits per heavy atom. The molecule has 0 aliphatic heterocycles. The molecule has 0 saturated carbocycles. The van der Waals surface area contributed by atoms with Crippen LogP contribution in [0.1, 0.15) is 6.42 Å². The van der Waals surface area contributed by atoms with Gasteiger partial charge in [0, 0.05) is 19.8 Å². The fourth-order valence-corrected chi connectivity index (χ4v) is 1.06. The van der Waals surface area contributed by atoms with E-state index >= 15 is 0 Å². The first-order valence-electron chi connectivity index (χ1n) is 4.43. The summed E-state index contributed by atoms with van der Waals surface area (Å²) in [4.78, 5) is 16.9. The summed E-state index contributed by atoms with van der Waals surface area (Å²) >= 11 is 0. The van der Waals surface area contributed by atoms with Crippen LogP contribution in [0, 0.1) is 0 Å². The molecule has 14 heavy (non-hydrogen) atoms. The van der Waals surface area contributed by atoms with Gasteiger partial charge in [0.05, 0.1) is 13.5 Å². The van der Waals surface area contributed by atoms with Crippen LogP contribution in [0.3, 0.4) is 0 Å². The molecule has 0 radical (unpaired) electrons. The van der Waals surface area contributed by atoms with Gasteiger partial charge in [-0.1, -0.05) is 6.07 Å². The Morgan fingerprint density at radius 3 is 2.93 bits per heavy atom. The van der Waals surface area contributed by atoms with Crippen molar-refractivity contribution in [2.45, 2.75) is 6.42 Å². The molecule has 0 aliphatic carbocycles. The lowest BCUT2D eigenvalue weighted by Gasteiger charge is -2.16. The lowest BCUT2D eigenvalue weighted by Crippen LogP contribution is -2.22. The molecule has 1 aromatic rings. The quantitative estimate of drug-likeness (QED) is 0.673. The van der Waals surface area contributed by atoms with E-state index in [0.29, 0.717) is 13.0 Å². The average molecular weight is 194 g/mol. The van der Waals surface area contributed by atoms with Gasteiger partial charge in [-0.15, -0.1) is 0 Å². The van der Waals surface area contributed by atoms with Gasteiger partial charge in [-0.3, -0.25) is 4.79 Å². The number of hydrogen-bond donors (Lipinski definition) is 0. The summed E-state index contributed by atoms with van der Waals surface area (Å²) in [6.07, 6.45) is 2.10. The first-order chi connectivity index (χ1) is 6.74. The normalized spacial score (nSPS) is 9.57. The number of esters is 1. The van der Waals surface area contributed by atoms with Crippen molar-refractivity contribution in [2.24, 2.45) is 0 Å². The zero-order valence-electron chi connectivity index (χ0n) is 8.43. The summed E-state index contributed by atoms with van der Waals surface area (Å²) in [5.74, 6) is 0.657. The topological polar surface area (TPSA) is 42.4 Å². The second kappa shape index (κ2) is 5.21. The van der Waals surface area contributed by atoms with E-state index in [0.717, 1.165) is 5.82 Å². The molecule has 0 spiro atoms. The van der Waals surface area contributed by atoms with E-state index in [2.05, 4.69) is 9.72 Å². The van der Waals surface area contributed by atoms with Gasteiger partial charge in [0.2, 0.25) is 0 Å². The van der Waals surface area contributed by atoms with E-state index in [1.165, 1.54) is 7.11 Å². The van der Waals surface area contributed by atoms with Gasteiger partial charge < -0.3 is 9.64 Å². The lowest BCUT2D eigenvalue weighted by atomic mass is 10.4. The van der Waals surface area contributed by atoms with Crippen molar-refractivity contribution in [3.8, 4) is 0 Å². The first kappa shape index (κ1) is 10.5. The number of aromatic nitrogens is 1. The van der Waals surface area contributed by atoms with Crippen LogP contribution in [0.2, 0.25) is 0 Å². The van der Waals surface area contributed by atoms with Crippen LogP contribution in [0.5, 0.6) is 0 Å². The van der Waals surface area contributed by atoms with Crippen LogP contribution in [0.25, 0.3) is 0 Å². The number of carbonyl (C=O) groups excluding carboxylic acids is 1. The Morgan fingerprint density at radius 2 is 2.36 bits per heavy atom. The summed E-state index contributed by atoms with van der Waals surface area (Å²) in [6.45, 7) is 0.615. The molecule has 0 N–H and O–H groups in total. The smallest absolute Gasteiger partial charge is 0.307 e. The van der Waals surface area contributed by atoms with E-state index in [9.17, 15) is 4.79 Å². The Balaban J connectivity index is 2.43. The SMILES string of the molecule is COC(=O)CCN(C)c1ccccn1. The second-order valence-electron chi connectivity index (χ2n) is 2.94. The molecule has 0 saturated heterocycles. The van der Waals surface area contributed by atoms with E-state index in [-0.39, 0.29) is 5.97 Å². The Hall–Kier alpha value is -1.58. The molecule has 0 aliphatic rings. The second-order valence-corrected chi connectivity index (χ2v) is 2.94. The summed E-state index contributed by atoms with van der Waals surface area (Å²) in [5, 5.41) is 0. The summed E-state index contributed by atoms with van der Waals surface area (Å²) < 4.78 is 4.55. The van der Waals surface area contributed by atoms with Crippen LogP contribution in [-0.4, -0.2) is 31.7 Å². The summed E-state index contributed by atoms with van der Waals surface area (Å²) in [7, 11) is 3.29. The standard InChI is InChI=1S/C10H14N2O2/c1-12(8-6-10(13)14-2)9-5-3-4-7-11-9/h3-5,7H,6,8H2,1-2H3. The maximum absolute atomic E-state index is 10.9. The van der Waals surface area contributed by atoms with Crippen molar-refractivity contribution >= 4 is 11.8 Å². The number of methoxy groups -OCH3 is 1. The van der Waals surface area contributed by atoms with Crippen molar-refractivity contribution in [3.05, 3.63) is 24.4 Å². The van der Waals surface area contributed by atoms with Crippen LogP contribution in [-0.2, 0) is 9.53 Å². The molecule has 0 bridgehead atoms. The molecule has 1 aromatic heterocycles. The Bertz CT molecular complexity index is 287. The van der Waals surface area contributed by atoms with Gasteiger partial charge in [0.1, 0.15) is 5.82 Å². The minimum atomic E-state index is -0.201. The average Bonchev–Trinajstić information content (AvgIpc) is 2.26. The Kier molecular flexibility index (Phi) is 3.91. The van der Waals surface area contributed by atoms with Gasteiger partial charge in [0.15, 0.2) is 0 Å². The molecule has 0 unspecified atom stereocenters. The number of ether oxygens (including phenoxy) is 1. The van der Waals surface area contributed by atoms with E-state index < -0.39 is 0 Å². The maximum atomic E-state index is 10.9. The van der Waals surface area contributed by atoms with Crippen LogP contribution >= 0.6 is 0 Å². The molecule has 4 nitrogen and oxygen atoms in total. The van der Waals surface area contributed by atoms with Gasteiger partial charge in [-0.05, 0) is 12.1 Å². The fraction of sp³-hybridized carbons (Fsp3) is 0.400. The molecule has 0 atom stereocenters. The van der Waals surface area contributed by atoms with Gasteiger partial charge in [-0.25, -0.2) is 4.98 Å². The van der Waals surface area contributed by atoms with E-state index in [1.54, 1.807) is 6.20 Å². The Labute approximate surface area is 83.5 Å². The number of nitrogens with zero attached hydrogens (tertiary/aromatic N) is 2. The molecule has 76 valence electrons. The summed E-state index contributed by atoms with van der Waals surface area (Å²) in [6, 6.07) is 5.67.